The summed E-state index contributed by atoms with van der Waals surface area (Å²) in [6, 6.07) is 13.3. The topological polar surface area (TPSA) is 48.2 Å². The Kier molecular flexibility index (Phi) is 2.57. The molecule has 0 unspecified atom stereocenters. The van der Waals surface area contributed by atoms with Crippen LogP contribution < -0.4 is 4.74 Å². The highest BCUT2D eigenvalue weighted by Gasteiger charge is 2.14. The molecule has 0 aliphatic rings. The summed E-state index contributed by atoms with van der Waals surface area (Å²) in [6.45, 7) is 0. The van der Waals surface area contributed by atoms with E-state index in [0.29, 0.717) is 22.7 Å². The van der Waals surface area contributed by atoms with Crippen LogP contribution in [0.4, 0.5) is 4.39 Å². The maximum absolute atomic E-state index is 12.9. The Hall–Kier alpha value is -2.95. The number of hydrogen-bond donors (Lipinski definition) is 0. The fraction of sp³-hybridized carbons (Fsp3) is 0. The summed E-state index contributed by atoms with van der Waals surface area (Å²) in [5, 5.41) is 0.902. The summed E-state index contributed by atoms with van der Waals surface area (Å²) in [6.07, 6.45) is 1.42. The number of para-hydroxylation sites is 1. The Morgan fingerprint density at radius 2 is 1.76 bits per heavy atom. The first-order valence-corrected chi connectivity index (χ1v) is 6.37. The van der Waals surface area contributed by atoms with E-state index >= 15 is 0 Å². The largest absolute Gasteiger partial charge is 0.449 e. The maximum atomic E-state index is 12.9. The van der Waals surface area contributed by atoms with Crippen LogP contribution in [-0.2, 0) is 0 Å². The number of halogens is 1. The summed E-state index contributed by atoms with van der Waals surface area (Å²) in [5.41, 5.74) is 1.89. The molecule has 0 saturated heterocycles. The van der Waals surface area contributed by atoms with Gasteiger partial charge in [0.1, 0.15) is 29.0 Å². The molecule has 21 heavy (non-hydrogen) atoms. The predicted molar refractivity (Wildman–Crippen MR) is 75.8 cm³/mol. The van der Waals surface area contributed by atoms with Crippen molar-refractivity contribution in [2.24, 2.45) is 0 Å². The second-order valence-corrected chi connectivity index (χ2v) is 4.51. The number of hydrogen-bond acceptors (Lipinski definition) is 4. The summed E-state index contributed by atoms with van der Waals surface area (Å²) in [4.78, 5) is 8.34. The number of aromatic nitrogens is 2. The van der Waals surface area contributed by atoms with Gasteiger partial charge in [0.15, 0.2) is 0 Å². The third-order valence-corrected chi connectivity index (χ3v) is 3.15. The quantitative estimate of drug-likeness (QED) is 0.549. The van der Waals surface area contributed by atoms with Crippen molar-refractivity contribution in [3.63, 3.8) is 0 Å². The first-order chi connectivity index (χ1) is 10.3. The molecule has 4 nitrogen and oxygen atoms in total. The summed E-state index contributed by atoms with van der Waals surface area (Å²) >= 11 is 0. The van der Waals surface area contributed by atoms with Gasteiger partial charge in [0.25, 0.3) is 5.88 Å². The molecular formula is C16H9FN2O2. The molecule has 0 bridgehead atoms. The SMILES string of the molecule is Fc1ccc(Oc2ncnc3c2oc2ccccc23)cc1. The molecule has 2 aromatic carbocycles. The van der Waals surface area contributed by atoms with Crippen LogP contribution in [0.1, 0.15) is 0 Å². The molecule has 2 aromatic heterocycles. The fourth-order valence-corrected chi connectivity index (χ4v) is 2.19. The molecule has 4 aromatic rings. The van der Waals surface area contributed by atoms with Crippen molar-refractivity contribution in [3.05, 3.63) is 60.7 Å². The minimum Gasteiger partial charge on any atom is -0.449 e. The lowest BCUT2D eigenvalue weighted by molar-refractivity contribution is 0.455. The molecule has 0 saturated carbocycles. The van der Waals surface area contributed by atoms with Crippen LogP contribution in [0.25, 0.3) is 22.1 Å². The molecule has 102 valence electrons. The number of rotatable bonds is 2. The molecule has 0 aliphatic heterocycles. The van der Waals surface area contributed by atoms with E-state index in [4.69, 9.17) is 9.15 Å². The van der Waals surface area contributed by atoms with Gasteiger partial charge < -0.3 is 9.15 Å². The Morgan fingerprint density at radius 3 is 2.62 bits per heavy atom. The minimum atomic E-state index is -0.320. The van der Waals surface area contributed by atoms with Gasteiger partial charge >= 0.3 is 0 Å². The lowest BCUT2D eigenvalue weighted by atomic mass is 10.2. The van der Waals surface area contributed by atoms with Crippen molar-refractivity contribution in [1.29, 1.82) is 0 Å². The number of furan rings is 1. The van der Waals surface area contributed by atoms with Gasteiger partial charge in [0.05, 0.1) is 0 Å². The van der Waals surface area contributed by atoms with Crippen LogP contribution in [0.2, 0.25) is 0 Å². The normalized spacial score (nSPS) is 11.1. The number of nitrogens with zero attached hydrogens (tertiary/aromatic N) is 2. The van der Waals surface area contributed by atoms with E-state index in [1.807, 2.05) is 24.3 Å². The van der Waals surface area contributed by atoms with E-state index in [1.54, 1.807) is 0 Å². The van der Waals surface area contributed by atoms with Crippen molar-refractivity contribution < 1.29 is 13.5 Å². The van der Waals surface area contributed by atoms with Crippen molar-refractivity contribution in [3.8, 4) is 11.6 Å². The van der Waals surface area contributed by atoms with Gasteiger partial charge in [-0.15, -0.1) is 0 Å². The van der Waals surface area contributed by atoms with Gasteiger partial charge in [-0.3, -0.25) is 0 Å². The van der Waals surface area contributed by atoms with Gasteiger partial charge in [-0.1, -0.05) is 12.1 Å². The maximum Gasteiger partial charge on any atom is 0.267 e. The average molecular weight is 280 g/mol. The van der Waals surface area contributed by atoms with Crippen LogP contribution in [0.5, 0.6) is 11.6 Å². The van der Waals surface area contributed by atoms with E-state index < -0.39 is 0 Å². The smallest absolute Gasteiger partial charge is 0.267 e. The fourth-order valence-electron chi connectivity index (χ4n) is 2.19. The van der Waals surface area contributed by atoms with E-state index in [9.17, 15) is 4.39 Å². The third-order valence-electron chi connectivity index (χ3n) is 3.15. The molecule has 0 amide bonds. The lowest BCUT2D eigenvalue weighted by Crippen LogP contribution is -1.89. The zero-order valence-corrected chi connectivity index (χ0v) is 10.8. The zero-order chi connectivity index (χ0) is 14.2. The third kappa shape index (κ3) is 1.99. The average Bonchev–Trinajstić information content (AvgIpc) is 2.89. The molecule has 5 heteroatoms. The second kappa shape index (κ2) is 4.56. The van der Waals surface area contributed by atoms with Gasteiger partial charge in [-0.05, 0) is 36.4 Å². The van der Waals surface area contributed by atoms with Gasteiger partial charge in [0, 0.05) is 5.39 Å². The van der Waals surface area contributed by atoms with E-state index in [1.165, 1.54) is 30.6 Å². The standard InChI is InChI=1S/C16H9FN2O2/c17-10-5-7-11(8-6-10)20-16-15-14(18-9-19-16)12-3-1-2-4-13(12)21-15/h1-9H. The second-order valence-electron chi connectivity index (χ2n) is 4.51. The van der Waals surface area contributed by atoms with Crippen molar-refractivity contribution in [1.82, 2.24) is 9.97 Å². The lowest BCUT2D eigenvalue weighted by Gasteiger charge is -2.03. The van der Waals surface area contributed by atoms with Crippen molar-refractivity contribution in [2.45, 2.75) is 0 Å². The van der Waals surface area contributed by atoms with Crippen LogP contribution in [-0.4, -0.2) is 9.97 Å². The molecule has 0 atom stereocenters. The van der Waals surface area contributed by atoms with Crippen molar-refractivity contribution >= 4 is 22.1 Å². The van der Waals surface area contributed by atoms with Crippen LogP contribution >= 0.6 is 0 Å². The Morgan fingerprint density at radius 1 is 0.952 bits per heavy atom. The molecule has 2 heterocycles. The Balaban J connectivity index is 1.86. The van der Waals surface area contributed by atoms with E-state index in [0.717, 1.165) is 11.0 Å². The van der Waals surface area contributed by atoms with Crippen LogP contribution in [0.15, 0.2) is 59.3 Å². The summed E-state index contributed by atoms with van der Waals surface area (Å²) in [7, 11) is 0. The Bertz CT molecular complexity index is 932. The Labute approximate surface area is 118 Å². The van der Waals surface area contributed by atoms with Crippen molar-refractivity contribution in [2.75, 3.05) is 0 Å². The van der Waals surface area contributed by atoms with Gasteiger partial charge in [0.2, 0.25) is 5.58 Å². The number of ether oxygens (including phenoxy) is 1. The molecule has 0 fully saturated rings. The van der Waals surface area contributed by atoms with Gasteiger partial charge in [-0.25, -0.2) is 9.37 Å². The highest BCUT2D eigenvalue weighted by Crippen LogP contribution is 2.33. The van der Waals surface area contributed by atoms with Crippen LogP contribution in [0, 0.1) is 5.82 Å². The summed E-state index contributed by atoms with van der Waals surface area (Å²) in [5.74, 6) is 0.471. The minimum absolute atomic E-state index is 0.308. The number of fused-ring (bicyclic) bond motifs is 3. The predicted octanol–water partition coefficient (Wildman–Crippen LogP) is 4.31. The highest BCUT2D eigenvalue weighted by molar-refractivity contribution is 6.03. The molecule has 0 aliphatic carbocycles. The van der Waals surface area contributed by atoms with E-state index in [2.05, 4.69) is 9.97 Å². The first kappa shape index (κ1) is 11.8. The first-order valence-electron chi connectivity index (χ1n) is 6.37. The zero-order valence-electron chi connectivity index (χ0n) is 10.8. The van der Waals surface area contributed by atoms with Crippen LogP contribution in [0.3, 0.4) is 0 Å². The monoisotopic (exact) mass is 280 g/mol. The van der Waals surface area contributed by atoms with E-state index in [-0.39, 0.29) is 5.82 Å². The molecular weight excluding hydrogens is 271 g/mol. The number of benzene rings is 2. The molecule has 0 spiro atoms. The molecule has 4 rings (SSSR count). The highest BCUT2D eigenvalue weighted by atomic mass is 19.1. The van der Waals surface area contributed by atoms with Gasteiger partial charge in [-0.2, -0.15) is 4.98 Å². The molecule has 0 N–H and O–H groups in total. The molecule has 0 radical (unpaired) electrons. The summed E-state index contributed by atoms with van der Waals surface area (Å²) < 4.78 is 24.3.